The summed E-state index contributed by atoms with van der Waals surface area (Å²) in [6.07, 6.45) is 1.08. The molecule has 1 atom stereocenters. The van der Waals surface area contributed by atoms with Gasteiger partial charge in [-0.05, 0) is 19.8 Å². The predicted molar refractivity (Wildman–Crippen MR) is 50.6 cm³/mol. The molecule has 0 bridgehead atoms. The Labute approximate surface area is 87.2 Å². The molecule has 0 aromatic heterocycles. The second-order valence-electron chi connectivity index (χ2n) is 3.98. The molecule has 1 amide bonds. The van der Waals surface area contributed by atoms with E-state index in [2.05, 4.69) is 5.32 Å². The smallest absolute Gasteiger partial charge is 0.259 e. The Morgan fingerprint density at radius 2 is 2.07 bits per heavy atom. The van der Waals surface area contributed by atoms with Crippen LogP contribution >= 0.6 is 0 Å². The van der Waals surface area contributed by atoms with Crippen LogP contribution in [0.25, 0.3) is 0 Å². The first-order valence-electron chi connectivity index (χ1n) is 5.08. The van der Waals surface area contributed by atoms with Gasteiger partial charge in [0.1, 0.15) is 11.7 Å². The van der Waals surface area contributed by atoms with Crippen molar-refractivity contribution >= 4 is 11.7 Å². The summed E-state index contributed by atoms with van der Waals surface area (Å²) in [5, 5.41) is 2.24. The van der Waals surface area contributed by atoms with Gasteiger partial charge in [0.25, 0.3) is 5.92 Å². The molecule has 3 nitrogen and oxygen atoms in total. The molecule has 1 aliphatic carbocycles. The van der Waals surface area contributed by atoms with E-state index in [0.717, 1.165) is 0 Å². The Balaban J connectivity index is 2.53. The van der Waals surface area contributed by atoms with Crippen molar-refractivity contribution in [3.63, 3.8) is 0 Å². The van der Waals surface area contributed by atoms with E-state index in [4.69, 9.17) is 0 Å². The molecule has 0 heterocycles. The van der Waals surface area contributed by atoms with Gasteiger partial charge in [0.05, 0.1) is 6.54 Å². The number of hydrogen-bond donors (Lipinski definition) is 1. The quantitative estimate of drug-likeness (QED) is 0.782. The molecule has 0 aromatic rings. The Morgan fingerprint density at radius 1 is 1.40 bits per heavy atom. The topological polar surface area (TPSA) is 46.2 Å². The Kier molecular flexibility index (Phi) is 3.77. The summed E-state index contributed by atoms with van der Waals surface area (Å²) >= 11 is 0. The summed E-state index contributed by atoms with van der Waals surface area (Å²) in [6, 6.07) is 0. The first kappa shape index (κ1) is 12.1. The average Bonchev–Trinajstić information content (AvgIpc) is 2.13. The Hall–Kier alpha value is -1.00. The van der Waals surface area contributed by atoms with E-state index in [-0.39, 0.29) is 25.2 Å². The third kappa shape index (κ3) is 3.25. The van der Waals surface area contributed by atoms with Crippen molar-refractivity contribution < 1.29 is 18.4 Å². The molecule has 1 N–H and O–H groups in total. The number of ketones is 1. The van der Waals surface area contributed by atoms with Crippen LogP contribution in [-0.2, 0) is 9.59 Å². The minimum atomic E-state index is -2.92. The first-order valence-corrected chi connectivity index (χ1v) is 5.08. The fourth-order valence-electron chi connectivity index (χ4n) is 1.75. The maximum atomic E-state index is 13.3. The van der Waals surface area contributed by atoms with Gasteiger partial charge in [0.15, 0.2) is 0 Å². The maximum absolute atomic E-state index is 13.3. The fourth-order valence-corrected chi connectivity index (χ4v) is 1.75. The number of Topliss-reactive ketones (excluding diaryl/α,β-unsaturated/α-hetero) is 1. The second-order valence-corrected chi connectivity index (χ2v) is 3.98. The van der Waals surface area contributed by atoms with Crippen molar-refractivity contribution in [3.05, 3.63) is 0 Å². The van der Waals surface area contributed by atoms with Crippen LogP contribution in [0.15, 0.2) is 0 Å². The van der Waals surface area contributed by atoms with Gasteiger partial charge in [-0.3, -0.25) is 9.59 Å². The van der Waals surface area contributed by atoms with E-state index in [1.54, 1.807) is 0 Å². The summed E-state index contributed by atoms with van der Waals surface area (Å²) in [7, 11) is 0. The molecule has 1 aliphatic rings. The zero-order valence-electron chi connectivity index (χ0n) is 8.69. The molecule has 1 fully saturated rings. The van der Waals surface area contributed by atoms with Crippen molar-refractivity contribution in [2.24, 2.45) is 5.92 Å². The summed E-state index contributed by atoms with van der Waals surface area (Å²) in [6.45, 7) is 1.14. The largest absolute Gasteiger partial charge is 0.349 e. The van der Waals surface area contributed by atoms with Gasteiger partial charge < -0.3 is 5.32 Å². The number of halogens is 2. The molecule has 0 spiro atoms. The lowest BCUT2D eigenvalue weighted by molar-refractivity contribution is -0.146. The van der Waals surface area contributed by atoms with Crippen LogP contribution in [0.1, 0.15) is 32.6 Å². The van der Waals surface area contributed by atoms with Gasteiger partial charge in [-0.15, -0.1) is 0 Å². The van der Waals surface area contributed by atoms with Gasteiger partial charge in [-0.2, -0.15) is 0 Å². The number of carbonyl (C=O) groups excluding carboxylic acids is 2. The SMILES string of the molecule is CC(=O)CNC(=O)C1CCCCC1(F)F. The molecule has 5 heteroatoms. The van der Waals surface area contributed by atoms with Crippen LogP contribution in [0.5, 0.6) is 0 Å². The summed E-state index contributed by atoms with van der Waals surface area (Å²) in [5.74, 6) is -5.11. The van der Waals surface area contributed by atoms with E-state index in [0.29, 0.717) is 12.8 Å². The normalized spacial score (nSPS) is 24.6. The Bertz CT molecular complexity index is 266. The highest BCUT2D eigenvalue weighted by Gasteiger charge is 2.45. The number of rotatable bonds is 3. The molecule has 0 radical (unpaired) electrons. The zero-order chi connectivity index (χ0) is 11.5. The van der Waals surface area contributed by atoms with Gasteiger partial charge in [0, 0.05) is 6.42 Å². The highest BCUT2D eigenvalue weighted by Crippen LogP contribution is 2.38. The van der Waals surface area contributed by atoms with Gasteiger partial charge in [0.2, 0.25) is 5.91 Å². The molecule has 0 aromatic carbocycles. The van der Waals surface area contributed by atoms with Gasteiger partial charge >= 0.3 is 0 Å². The molecule has 86 valence electrons. The van der Waals surface area contributed by atoms with Crippen LogP contribution in [-0.4, -0.2) is 24.2 Å². The number of carbonyl (C=O) groups is 2. The van der Waals surface area contributed by atoms with Crippen molar-refractivity contribution in [2.75, 3.05) is 6.54 Å². The zero-order valence-corrected chi connectivity index (χ0v) is 8.69. The number of amides is 1. The molecular weight excluding hydrogens is 204 g/mol. The van der Waals surface area contributed by atoms with Crippen LogP contribution in [0, 0.1) is 5.92 Å². The number of alkyl halides is 2. The molecule has 15 heavy (non-hydrogen) atoms. The predicted octanol–water partition coefficient (Wildman–Crippen LogP) is 1.52. The summed E-state index contributed by atoms with van der Waals surface area (Å²) in [4.78, 5) is 22.0. The van der Waals surface area contributed by atoms with Gasteiger partial charge in [-0.25, -0.2) is 8.78 Å². The van der Waals surface area contributed by atoms with E-state index < -0.39 is 17.7 Å². The number of hydrogen-bond acceptors (Lipinski definition) is 2. The lowest BCUT2D eigenvalue weighted by Crippen LogP contribution is -2.44. The van der Waals surface area contributed by atoms with E-state index in [9.17, 15) is 18.4 Å². The summed E-state index contributed by atoms with van der Waals surface area (Å²) in [5.41, 5.74) is 0. The molecule has 0 aliphatic heterocycles. The number of nitrogens with one attached hydrogen (secondary N) is 1. The van der Waals surface area contributed by atoms with Gasteiger partial charge in [-0.1, -0.05) is 6.42 Å². The molecule has 0 saturated heterocycles. The standard InChI is InChI=1S/C10H15F2NO2/c1-7(14)6-13-9(15)8-4-2-3-5-10(8,11)12/h8H,2-6H2,1H3,(H,13,15). The minimum Gasteiger partial charge on any atom is -0.349 e. The molecular formula is C10H15F2NO2. The van der Waals surface area contributed by atoms with Crippen molar-refractivity contribution in [1.29, 1.82) is 0 Å². The van der Waals surface area contributed by atoms with Crippen LogP contribution in [0.2, 0.25) is 0 Å². The average molecular weight is 219 g/mol. The Morgan fingerprint density at radius 3 is 2.60 bits per heavy atom. The molecule has 1 unspecified atom stereocenters. The lowest BCUT2D eigenvalue weighted by atomic mass is 9.85. The monoisotopic (exact) mass is 219 g/mol. The lowest BCUT2D eigenvalue weighted by Gasteiger charge is -2.29. The van der Waals surface area contributed by atoms with E-state index >= 15 is 0 Å². The van der Waals surface area contributed by atoms with E-state index in [1.165, 1.54) is 6.92 Å². The van der Waals surface area contributed by atoms with Crippen molar-refractivity contribution in [1.82, 2.24) is 5.32 Å². The first-order chi connectivity index (χ1) is 6.93. The third-order valence-corrected chi connectivity index (χ3v) is 2.59. The fraction of sp³-hybridized carbons (Fsp3) is 0.800. The highest BCUT2D eigenvalue weighted by atomic mass is 19.3. The van der Waals surface area contributed by atoms with E-state index in [1.807, 2.05) is 0 Å². The van der Waals surface area contributed by atoms with Crippen LogP contribution in [0.3, 0.4) is 0 Å². The van der Waals surface area contributed by atoms with Crippen LogP contribution in [0.4, 0.5) is 8.78 Å². The highest BCUT2D eigenvalue weighted by molar-refractivity contribution is 5.86. The van der Waals surface area contributed by atoms with Crippen molar-refractivity contribution in [2.45, 2.75) is 38.5 Å². The van der Waals surface area contributed by atoms with Crippen LogP contribution < -0.4 is 5.32 Å². The minimum absolute atomic E-state index is 0.161. The third-order valence-electron chi connectivity index (χ3n) is 2.59. The summed E-state index contributed by atoms with van der Waals surface area (Å²) < 4.78 is 26.6. The van der Waals surface area contributed by atoms with Crippen molar-refractivity contribution in [3.8, 4) is 0 Å². The molecule has 1 rings (SSSR count). The molecule has 1 saturated carbocycles. The second kappa shape index (κ2) is 4.68. The maximum Gasteiger partial charge on any atom is 0.259 e.